The Bertz CT molecular complexity index is 1240. The number of ether oxygens (including phenoxy) is 1. The smallest absolute Gasteiger partial charge is 0.407 e. The Morgan fingerprint density at radius 1 is 0.884 bits per heavy atom. The third-order valence-electron chi connectivity index (χ3n) is 11.8. The maximum atomic E-state index is 12.3. The Labute approximate surface area is 256 Å². The zero-order chi connectivity index (χ0) is 31.8. The minimum absolute atomic E-state index is 0.0381. The molecule has 12 nitrogen and oxygen atoms in total. The predicted octanol–water partition coefficient (Wildman–Crippen LogP) is 3.02. The molecule has 10 atom stereocenters. The summed E-state index contributed by atoms with van der Waals surface area (Å²) in [7, 11) is -8.27. The summed E-state index contributed by atoms with van der Waals surface area (Å²) in [5.74, 6) is 0.668. The molecule has 0 unspecified atom stereocenters. The first-order chi connectivity index (χ1) is 19.9. The average Bonchev–Trinajstić information content (AvgIpc) is 3.24. The monoisotopic (exact) mass is 650 g/mol. The first-order valence-corrected chi connectivity index (χ1v) is 18.9. The molecule has 4 saturated carbocycles. The van der Waals surface area contributed by atoms with E-state index in [0.717, 1.165) is 32.1 Å². The van der Waals surface area contributed by atoms with Crippen LogP contribution in [0.2, 0.25) is 0 Å². The van der Waals surface area contributed by atoms with Crippen molar-refractivity contribution in [2.24, 2.45) is 46.3 Å². The minimum atomic E-state index is -4.17. The van der Waals surface area contributed by atoms with Gasteiger partial charge in [0.1, 0.15) is 6.10 Å². The van der Waals surface area contributed by atoms with E-state index in [-0.39, 0.29) is 47.8 Å². The second-order valence-electron chi connectivity index (χ2n) is 14.2. The lowest BCUT2D eigenvalue weighted by Crippen LogP contribution is -2.59. The second kappa shape index (κ2) is 13.1. The topological polar surface area (TPSA) is 196 Å². The van der Waals surface area contributed by atoms with Gasteiger partial charge >= 0.3 is 6.09 Å². The fraction of sp³-hybridized carbons (Fsp3) is 0.931. The van der Waals surface area contributed by atoms with Gasteiger partial charge in [-0.1, -0.05) is 20.8 Å². The normalized spacial score (nSPS) is 38.2. The summed E-state index contributed by atoms with van der Waals surface area (Å²) >= 11 is 0. The summed E-state index contributed by atoms with van der Waals surface area (Å²) in [6.45, 7) is 6.60. The van der Waals surface area contributed by atoms with E-state index < -0.39 is 43.9 Å². The standard InChI is InChI=1S/C29H50N2O10S2/c1-18(4-7-25(33)30-12-14-42(35,36)37)21-5-6-22-26-23(9-11-29(21,22)3)28(2)10-8-20(16-19(28)17-24(26)32)41-27(34)31-13-15-43(38,39)40/h18-24,26,32H,4-17H2,1-3H3,(H,30,33)(H,31,34)(H,35,36,37)(H,38,39,40)/t18-,19+,20-,21-,22+,23+,24+,26+,28+,29-/m1/s1. The summed E-state index contributed by atoms with van der Waals surface area (Å²) in [6.07, 6.45) is 6.73. The van der Waals surface area contributed by atoms with Crippen LogP contribution in [-0.4, -0.2) is 79.9 Å². The number of alkyl carbamates (subject to hydrolysis) is 1. The lowest BCUT2D eigenvalue weighted by atomic mass is 9.43. The van der Waals surface area contributed by atoms with Crippen LogP contribution in [-0.2, 0) is 29.8 Å². The van der Waals surface area contributed by atoms with Crippen LogP contribution in [0.5, 0.6) is 0 Å². The fourth-order valence-corrected chi connectivity index (χ4v) is 10.4. The van der Waals surface area contributed by atoms with Gasteiger partial charge in [0.25, 0.3) is 20.2 Å². The number of hydrogen-bond acceptors (Lipinski definition) is 8. The number of carbonyl (C=O) groups excluding carboxylic acids is 2. The Morgan fingerprint density at radius 3 is 2.14 bits per heavy atom. The van der Waals surface area contributed by atoms with Crippen molar-refractivity contribution in [3.63, 3.8) is 0 Å². The molecule has 0 heterocycles. The molecule has 0 aromatic heterocycles. The molecule has 2 amide bonds. The Hall–Kier alpha value is -1.48. The van der Waals surface area contributed by atoms with E-state index in [0.29, 0.717) is 55.8 Å². The van der Waals surface area contributed by atoms with Crippen molar-refractivity contribution < 1.29 is 45.4 Å². The van der Waals surface area contributed by atoms with E-state index in [4.69, 9.17) is 13.8 Å². The summed E-state index contributed by atoms with van der Waals surface area (Å²) in [4.78, 5) is 24.5. The highest BCUT2D eigenvalue weighted by Gasteiger charge is 2.63. The molecule has 0 aliphatic heterocycles. The van der Waals surface area contributed by atoms with E-state index in [1.54, 1.807) is 0 Å². The molecule has 0 aromatic carbocycles. The maximum absolute atomic E-state index is 12.3. The lowest BCUT2D eigenvalue weighted by molar-refractivity contribution is -0.174. The number of rotatable bonds is 11. The number of nitrogens with one attached hydrogen (secondary N) is 2. The van der Waals surface area contributed by atoms with Crippen LogP contribution >= 0.6 is 0 Å². The van der Waals surface area contributed by atoms with Crippen LogP contribution < -0.4 is 10.6 Å². The van der Waals surface area contributed by atoms with Crippen LogP contribution in [0.1, 0.15) is 85.0 Å². The Kier molecular flexibility index (Phi) is 10.5. The minimum Gasteiger partial charge on any atom is -0.446 e. The van der Waals surface area contributed by atoms with Gasteiger partial charge in [-0.3, -0.25) is 13.9 Å². The van der Waals surface area contributed by atoms with E-state index in [1.165, 1.54) is 0 Å². The quantitative estimate of drug-likeness (QED) is 0.207. The SMILES string of the molecule is C[C@H](CCC(=O)NCCS(=O)(=O)O)[C@H]1CC[C@H]2[C@@H]3[C@@H](O)C[C@@H]4C[C@H](OC(=O)NCCS(=O)(=O)O)CC[C@]4(C)[C@H]3CC[C@]12C. The van der Waals surface area contributed by atoms with Gasteiger partial charge in [0.05, 0.1) is 17.6 Å². The van der Waals surface area contributed by atoms with Crippen LogP contribution in [0.3, 0.4) is 0 Å². The molecule has 4 rings (SSSR count). The molecule has 0 radical (unpaired) electrons. The van der Waals surface area contributed by atoms with Gasteiger partial charge in [-0.05, 0) is 104 Å². The summed E-state index contributed by atoms with van der Waals surface area (Å²) < 4.78 is 66.9. The number of fused-ring (bicyclic) bond motifs is 5. The van der Waals surface area contributed by atoms with Gasteiger partial charge in [0.2, 0.25) is 5.91 Å². The molecule has 5 N–H and O–H groups in total. The highest BCUT2D eigenvalue weighted by molar-refractivity contribution is 7.86. The molecule has 4 aliphatic carbocycles. The Balaban J connectivity index is 1.33. The third-order valence-corrected chi connectivity index (χ3v) is 13.2. The van der Waals surface area contributed by atoms with Crippen molar-refractivity contribution in [3.8, 4) is 0 Å². The highest BCUT2D eigenvalue weighted by Crippen LogP contribution is 2.68. The van der Waals surface area contributed by atoms with Gasteiger partial charge in [-0.15, -0.1) is 0 Å². The summed E-state index contributed by atoms with van der Waals surface area (Å²) in [6, 6.07) is 0. The number of aliphatic hydroxyl groups excluding tert-OH is 1. The second-order valence-corrected chi connectivity index (χ2v) is 17.3. The zero-order valence-electron chi connectivity index (χ0n) is 25.5. The van der Waals surface area contributed by atoms with Gasteiger partial charge < -0.3 is 20.5 Å². The lowest BCUT2D eigenvalue weighted by Gasteiger charge is -2.62. The van der Waals surface area contributed by atoms with E-state index in [2.05, 4.69) is 31.4 Å². The number of carbonyl (C=O) groups is 2. The molecular weight excluding hydrogens is 600 g/mol. The summed E-state index contributed by atoms with van der Waals surface area (Å²) in [5.41, 5.74) is 0.114. The fourth-order valence-electron chi connectivity index (χ4n) is 9.71. The van der Waals surface area contributed by atoms with Crippen molar-refractivity contribution in [2.75, 3.05) is 24.6 Å². The van der Waals surface area contributed by atoms with E-state index in [9.17, 15) is 31.5 Å². The van der Waals surface area contributed by atoms with Crippen LogP contribution in [0.4, 0.5) is 4.79 Å². The van der Waals surface area contributed by atoms with Crippen molar-refractivity contribution in [2.45, 2.75) is 97.2 Å². The number of aliphatic hydroxyl groups is 1. The van der Waals surface area contributed by atoms with Gasteiger partial charge in [0, 0.05) is 19.5 Å². The molecule has 0 bridgehead atoms. The molecule has 248 valence electrons. The number of amides is 2. The van der Waals surface area contributed by atoms with Crippen LogP contribution in [0.15, 0.2) is 0 Å². The molecule has 0 aromatic rings. The van der Waals surface area contributed by atoms with E-state index >= 15 is 0 Å². The van der Waals surface area contributed by atoms with Crippen molar-refractivity contribution >= 4 is 32.2 Å². The van der Waals surface area contributed by atoms with Crippen LogP contribution in [0.25, 0.3) is 0 Å². The molecule has 4 fully saturated rings. The third kappa shape index (κ3) is 8.03. The van der Waals surface area contributed by atoms with Gasteiger partial charge in [-0.25, -0.2) is 4.79 Å². The number of hydrogen-bond donors (Lipinski definition) is 5. The van der Waals surface area contributed by atoms with Crippen molar-refractivity contribution in [1.82, 2.24) is 10.6 Å². The molecule has 0 spiro atoms. The van der Waals surface area contributed by atoms with Crippen LogP contribution in [0, 0.1) is 46.3 Å². The first-order valence-electron chi connectivity index (χ1n) is 15.7. The molecule has 43 heavy (non-hydrogen) atoms. The largest absolute Gasteiger partial charge is 0.446 e. The first kappa shape index (κ1) is 34.4. The molecule has 0 saturated heterocycles. The Morgan fingerprint density at radius 2 is 1.49 bits per heavy atom. The van der Waals surface area contributed by atoms with Gasteiger partial charge in [-0.2, -0.15) is 16.8 Å². The molecular formula is C29H50N2O10S2. The van der Waals surface area contributed by atoms with E-state index in [1.807, 2.05) is 0 Å². The maximum Gasteiger partial charge on any atom is 0.407 e. The highest BCUT2D eigenvalue weighted by atomic mass is 32.2. The molecule has 14 heteroatoms. The average molecular weight is 651 g/mol. The summed E-state index contributed by atoms with van der Waals surface area (Å²) in [5, 5.41) is 16.6. The van der Waals surface area contributed by atoms with Crippen molar-refractivity contribution in [1.29, 1.82) is 0 Å². The van der Waals surface area contributed by atoms with Gasteiger partial charge in [0.15, 0.2) is 0 Å². The zero-order valence-corrected chi connectivity index (χ0v) is 27.2. The molecule has 4 aliphatic rings. The predicted molar refractivity (Wildman–Crippen MR) is 159 cm³/mol. The van der Waals surface area contributed by atoms with Crippen molar-refractivity contribution in [3.05, 3.63) is 0 Å².